The Balaban J connectivity index is 2.28. The van der Waals surface area contributed by atoms with Gasteiger partial charge in [-0.1, -0.05) is 48.9 Å². The molecule has 21 heavy (non-hydrogen) atoms. The molecule has 0 spiro atoms. The van der Waals surface area contributed by atoms with Crippen LogP contribution in [0.25, 0.3) is 0 Å². The number of benzene rings is 2. The van der Waals surface area contributed by atoms with Crippen molar-refractivity contribution in [2.75, 3.05) is 6.54 Å². The molecule has 0 radical (unpaired) electrons. The lowest BCUT2D eigenvalue weighted by atomic mass is 9.96. The third-order valence-corrected chi connectivity index (χ3v) is 4.32. The maximum absolute atomic E-state index is 6.44. The molecule has 2 aromatic carbocycles. The van der Waals surface area contributed by atoms with Crippen molar-refractivity contribution in [2.45, 2.75) is 40.2 Å². The van der Waals surface area contributed by atoms with Crippen LogP contribution in [0.1, 0.15) is 40.8 Å². The first kappa shape index (κ1) is 16.1. The third-order valence-electron chi connectivity index (χ3n) is 3.99. The number of halogens is 1. The zero-order valence-corrected chi connectivity index (χ0v) is 14.1. The minimum absolute atomic E-state index is 0.255. The van der Waals surface area contributed by atoms with E-state index < -0.39 is 0 Å². The third kappa shape index (κ3) is 4.09. The van der Waals surface area contributed by atoms with E-state index in [0.29, 0.717) is 0 Å². The number of hydrogen-bond donors (Lipinski definition) is 1. The molecule has 0 aromatic heterocycles. The molecule has 2 aromatic rings. The summed E-state index contributed by atoms with van der Waals surface area (Å²) in [6.07, 6.45) is 0.956. The molecule has 1 nitrogen and oxygen atoms in total. The van der Waals surface area contributed by atoms with Gasteiger partial charge >= 0.3 is 0 Å². The summed E-state index contributed by atoms with van der Waals surface area (Å²) < 4.78 is 0. The van der Waals surface area contributed by atoms with Crippen LogP contribution in [-0.4, -0.2) is 6.54 Å². The normalized spacial score (nSPS) is 12.4. The van der Waals surface area contributed by atoms with Crippen LogP contribution in [0.15, 0.2) is 36.4 Å². The van der Waals surface area contributed by atoms with Crippen molar-refractivity contribution in [3.63, 3.8) is 0 Å². The van der Waals surface area contributed by atoms with E-state index in [1.165, 1.54) is 27.8 Å². The van der Waals surface area contributed by atoms with E-state index in [9.17, 15) is 0 Å². The molecule has 1 atom stereocenters. The van der Waals surface area contributed by atoms with Crippen LogP contribution in [-0.2, 0) is 6.42 Å². The van der Waals surface area contributed by atoms with Crippen molar-refractivity contribution in [1.82, 2.24) is 5.32 Å². The molecule has 2 rings (SSSR count). The monoisotopic (exact) mass is 301 g/mol. The highest BCUT2D eigenvalue weighted by Crippen LogP contribution is 2.27. The molecule has 0 aliphatic carbocycles. The Labute approximate surface area is 133 Å². The van der Waals surface area contributed by atoms with E-state index in [1.54, 1.807) is 0 Å². The predicted octanol–water partition coefficient (Wildman–Crippen LogP) is 5.16. The highest BCUT2D eigenvalue weighted by atomic mass is 35.5. The van der Waals surface area contributed by atoms with Gasteiger partial charge in [-0.3, -0.25) is 0 Å². The molecule has 0 fully saturated rings. The molecule has 0 saturated heterocycles. The average Bonchev–Trinajstić information content (AvgIpc) is 2.42. The van der Waals surface area contributed by atoms with E-state index in [0.717, 1.165) is 18.0 Å². The minimum Gasteiger partial charge on any atom is -0.310 e. The summed E-state index contributed by atoms with van der Waals surface area (Å²) in [6.45, 7) is 9.45. The lowest BCUT2D eigenvalue weighted by Gasteiger charge is -2.20. The van der Waals surface area contributed by atoms with Crippen LogP contribution in [0, 0.1) is 20.8 Å². The van der Waals surface area contributed by atoms with Gasteiger partial charge in [0.05, 0.1) is 0 Å². The first-order valence-corrected chi connectivity index (χ1v) is 7.94. The van der Waals surface area contributed by atoms with Gasteiger partial charge in [0.15, 0.2) is 0 Å². The van der Waals surface area contributed by atoms with E-state index in [4.69, 9.17) is 11.6 Å². The van der Waals surface area contributed by atoms with Gasteiger partial charge in [-0.2, -0.15) is 0 Å². The van der Waals surface area contributed by atoms with Crippen LogP contribution < -0.4 is 5.32 Å². The van der Waals surface area contributed by atoms with Crippen LogP contribution in [0.5, 0.6) is 0 Å². The highest BCUT2D eigenvalue weighted by molar-refractivity contribution is 6.31. The van der Waals surface area contributed by atoms with Gasteiger partial charge in [-0.05, 0) is 67.6 Å². The summed E-state index contributed by atoms with van der Waals surface area (Å²) in [7, 11) is 0. The average molecular weight is 302 g/mol. The van der Waals surface area contributed by atoms with Gasteiger partial charge in [0.1, 0.15) is 0 Å². The largest absolute Gasteiger partial charge is 0.310 e. The topological polar surface area (TPSA) is 12.0 Å². The fourth-order valence-corrected chi connectivity index (χ4v) is 2.99. The fraction of sp³-hybridized carbons (Fsp3) is 0.368. The summed E-state index contributed by atoms with van der Waals surface area (Å²) in [4.78, 5) is 0. The second kappa shape index (κ2) is 7.11. The minimum atomic E-state index is 0.255. The van der Waals surface area contributed by atoms with Gasteiger partial charge in [-0.15, -0.1) is 0 Å². The first-order valence-electron chi connectivity index (χ1n) is 7.56. The molecule has 1 unspecified atom stereocenters. The molecule has 2 heteroatoms. The molecule has 0 heterocycles. The Hall–Kier alpha value is -1.31. The van der Waals surface area contributed by atoms with Crippen molar-refractivity contribution in [1.29, 1.82) is 0 Å². The van der Waals surface area contributed by atoms with E-state index >= 15 is 0 Å². The zero-order chi connectivity index (χ0) is 15.4. The predicted molar refractivity (Wildman–Crippen MR) is 92.2 cm³/mol. The molecule has 0 bridgehead atoms. The number of aryl methyl sites for hydroxylation is 3. The van der Waals surface area contributed by atoms with Crippen molar-refractivity contribution < 1.29 is 0 Å². The maximum Gasteiger partial charge on any atom is 0.0456 e. The number of likely N-dealkylation sites (N-methyl/N-ethyl adjacent to an activating group) is 1. The van der Waals surface area contributed by atoms with Crippen LogP contribution in [0.3, 0.4) is 0 Å². The zero-order valence-electron chi connectivity index (χ0n) is 13.3. The summed E-state index contributed by atoms with van der Waals surface area (Å²) >= 11 is 6.44. The van der Waals surface area contributed by atoms with Crippen molar-refractivity contribution in [2.24, 2.45) is 0 Å². The SMILES string of the molecule is CCNC(Cc1ccc(C)c(C)c1)c1ccc(C)cc1Cl. The second-order valence-electron chi connectivity index (χ2n) is 5.76. The second-order valence-corrected chi connectivity index (χ2v) is 6.17. The lowest BCUT2D eigenvalue weighted by Crippen LogP contribution is -2.23. The van der Waals surface area contributed by atoms with Gasteiger partial charge < -0.3 is 5.32 Å². The number of hydrogen-bond acceptors (Lipinski definition) is 1. The standard InChI is InChI=1S/C19H24ClN/c1-5-21-19(17-9-6-13(2)10-18(17)20)12-16-8-7-14(3)15(4)11-16/h6-11,19,21H,5,12H2,1-4H3. The fourth-order valence-electron chi connectivity index (χ4n) is 2.62. The first-order chi connectivity index (χ1) is 10.0. The van der Waals surface area contributed by atoms with Gasteiger partial charge in [0.2, 0.25) is 0 Å². The van der Waals surface area contributed by atoms with E-state index in [-0.39, 0.29) is 6.04 Å². The smallest absolute Gasteiger partial charge is 0.0456 e. The Morgan fingerprint density at radius 2 is 1.76 bits per heavy atom. The van der Waals surface area contributed by atoms with E-state index in [2.05, 4.69) is 63.3 Å². The van der Waals surface area contributed by atoms with E-state index in [1.807, 2.05) is 6.07 Å². The Morgan fingerprint density at radius 1 is 1.00 bits per heavy atom. The number of rotatable bonds is 5. The quantitative estimate of drug-likeness (QED) is 0.804. The summed E-state index contributed by atoms with van der Waals surface area (Å²) in [5.41, 5.74) is 6.41. The van der Waals surface area contributed by atoms with Crippen LogP contribution in [0.2, 0.25) is 5.02 Å². The molecule has 0 aliphatic rings. The molecule has 1 N–H and O–H groups in total. The van der Waals surface area contributed by atoms with Crippen molar-refractivity contribution >= 4 is 11.6 Å². The molecule has 112 valence electrons. The van der Waals surface area contributed by atoms with Crippen LogP contribution in [0.4, 0.5) is 0 Å². The molecular formula is C19H24ClN. The van der Waals surface area contributed by atoms with Crippen LogP contribution >= 0.6 is 11.6 Å². The highest BCUT2D eigenvalue weighted by Gasteiger charge is 2.14. The Morgan fingerprint density at radius 3 is 2.38 bits per heavy atom. The Bertz CT molecular complexity index is 619. The molecule has 0 amide bonds. The molecule has 0 saturated carbocycles. The summed E-state index contributed by atoms with van der Waals surface area (Å²) in [5.74, 6) is 0. The van der Waals surface area contributed by atoms with Gasteiger partial charge in [0, 0.05) is 11.1 Å². The summed E-state index contributed by atoms with van der Waals surface area (Å²) in [5, 5.41) is 4.41. The van der Waals surface area contributed by atoms with Gasteiger partial charge in [0.25, 0.3) is 0 Å². The Kier molecular flexibility index (Phi) is 5.44. The van der Waals surface area contributed by atoms with Gasteiger partial charge in [-0.25, -0.2) is 0 Å². The lowest BCUT2D eigenvalue weighted by molar-refractivity contribution is 0.550. The van der Waals surface area contributed by atoms with Crippen molar-refractivity contribution in [3.8, 4) is 0 Å². The molecular weight excluding hydrogens is 278 g/mol. The maximum atomic E-state index is 6.44. The van der Waals surface area contributed by atoms with Crippen molar-refractivity contribution in [3.05, 3.63) is 69.2 Å². The molecule has 0 aliphatic heterocycles. The summed E-state index contributed by atoms with van der Waals surface area (Å²) in [6, 6.07) is 13.3. The number of nitrogens with one attached hydrogen (secondary N) is 1.